The van der Waals surface area contributed by atoms with Gasteiger partial charge in [-0.3, -0.25) is 4.79 Å². The summed E-state index contributed by atoms with van der Waals surface area (Å²) in [6.45, 7) is -2.64. The number of hydrogen-bond acceptors (Lipinski definition) is 5. The van der Waals surface area contributed by atoms with Crippen LogP contribution in [-0.4, -0.2) is 23.9 Å². The van der Waals surface area contributed by atoms with Crippen LogP contribution in [0.4, 0.5) is 14.5 Å². The van der Waals surface area contributed by atoms with Crippen molar-refractivity contribution in [3.8, 4) is 11.5 Å². The molecule has 22 heavy (non-hydrogen) atoms. The van der Waals surface area contributed by atoms with Crippen molar-refractivity contribution in [3.63, 3.8) is 0 Å². The molecule has 2 rings (SSSR count). The maximum absolute atomic E-state index is 12.2. The number of H-pyrrole nitrogens is 1. The van der Waals surface area contributed by atoms with E-state index in [1.807, 2.05) is 0 Å². The summed E-state index contributed by atoms with van der Waals surface area (Å²) in [4.78, 5) is 11.3. The molecular formula is C13H12ClF2N3O3. The molecule has 118 valence electrons. The quantitative estimate of drug-likeness (QED) is 0.851. The third-order valence-electron chi connectivity index (χ3n) is 2.72. The standard InChI is InChI=1S/C13H12ClF2N3O3/c1-21-10-4-7(2-3-9(10)22-13(15)16)5-17-8-6-18-19-12(20)11(8)14/h2-4,6,13H,5H2,1H3,(H2,17,19,20). The highest BCUT2D eigenvalue weighted by molar-refractivity contribution is 6.32. The lowest BCUT2D eigenvalue weighted by Crippen LogP contribution is -2.12. The fraction of sp³-hybridized carbons (Fsp3) is 0.231. The maximum Gasteiger partial charge on any atom is 0.387 e. The molecule has 0 spiro atoms. The Morgan fingerprint density at radius 1 is 1.41 bits per heavy atom. The van der Waals surface area contributed by atoms with Crippen molar-refractivity contribution in [1.82, 2.24) is 10.2 Å². The van der Waals surface area contributed by atoms with E-state index < -0.39 is 12.2 Å². The van der Waals surface area contributed by atoms with E-state index >= 15 is 0 Å². The minimum Gasteiger partial charge on any atom is -0.493 e. The van der Waals surface area contributed by atoms with Gasteiger partial charge in [0.15, 0.2) is 11.5 Å². The van der Waals surface area contributed by atoms with Crippen molar-refractivity contribution < 1.29 is 18.3 Å². The van der Waals surface area contributed by atoms with Crippen LogP contribution in [0.15, 0.2) is 29.2 Å². The zero-order valence-electron chi connectivity index (χ0n) is 11.4. The Morgan fingerprint density at radius 3 is 2.86 bits per heavy atom. The molecule has 0 atom stereocenters. The molecule has 0 amide bonds. The van der Waals surface area contributed by atoms with Gasteiger partial charge in [0.05, 0.1) is 19.0 Å². The number of ether oxygens (including phenoxy) is 2. The second kappa shape index (κ2) is 7.08. The highest BCUT2D eigenvalue weighted by Crippen LogP contribution is 2.29. The van der Waals surface area contributed by atoms with Crippen LogP contribution in [0, 0.1) is 0 Å². The van der Waals surface area contributed by atoms with Gasteiger partial charge >= 0.3 is 6.61 Å². The number of benzene rings is 1. The number of nitrogens with zero attached hydrogens (tertiary/aromatic N) is 1. The van der Waals surface area contributed by atoms with Crippen LogP contribution in [0.2, 0.25) is 5.02 Å². The summed E-state index contributed by atoms with van der Waals surface area (Å²) in [5, 5.41) is 8.73. The van der Waals surface area contributed by atoms with Crippen molar-refractivity contribution in [1.29, 1.82) is 0 Å². The first-order chi connectivity index (χ1) is 10.5. The first-order valence-corrected chi connectivity index (χ1v) is 6.48. The minimum absolute atomic E-state index is 0.0142. The zero-order chi connectivity index (χ0) is 16.1. The second-order valence-electron chi connectivity index (χ2n) is 4.14. The molecule has 0 unspecified atom stereocenters. The van der Waals surface area contributed by atoms with Gasteiger partial charge in [-0.05, 0) is 17.7 Å². The second-order valence-corrected chi connectivity index (χ2v) is 4.52. The normalized spacial score (nSPS) is 10.6. The van der Waals surface area contributed by atoms with Crippen molar-refractivity contribution in [2.45, 2.75) is 13.2 Å². The number of aromatic amines is 1. The Kier molecular flexibility index (Phi) is 5.16. The third-order valence-corrected chi connectivity index (χ3v) is 3.10. The molecule has 1 aromatic carbocycles. The monoisotopic (exact) mass is 331 g/mol. The van der Waals surface area contributed by atoms with Crippen molar-refractivity contribution in [2.24, 2.45) is 0 Å². The molecular weight excluding hydrogens is 320 g/mol. The maximum atomic E-state index is 12.2. The summed E-state index contributed by atoms with van der Waals surface area (Å²) in [5.41, 5.74) is 0.567. The summed E-state index contributed by atoms with van der Waals surface area (Å²) in [5.74, 6) is 0.117. The molecule has 0 saturated heterocycles. The Balaban J connectivity index is 2.13. The van der Waals surface area contributed by atoms with E-state index in [0.717, 1.165) is 5.56 Å². The number of nitrogens with one attached hydrogen (secondary N) is 2. The predicted molar refractivity (Wildman–Crippen MR) is 76.8 cm³/mol. The Morgan fingerprint density at radius 2 is 2.18 bits per heavy atom. The van der Waals surface area contributed by atoms with E-state index in [0.29, 0.717) is 5.69 Å². The van der Waals surface area contributed by atoms with Gasteiger partial charge in [-0.2, -0.15) is 13.9 Å². The average Bonchev–Trinajstić information content (AvgIpc) is 2.49. The van der Waals surface area contributed by atoms with Crippen LogP contribution in [0.25, 0.3) is 0 Å². The minimum atomic E-state index is -2.93. The molecule has 2 N–H and O–H groups in total. The molecule has 0 aliphatic heterocycles. The number of anilines is 1. The fourth-order valence-electron chi connectivity index (χ4n) is 1.72. The summed E-state index contributed by atoms with van der Waals surface area (Å²) in [6.07, 6.45) is 1.37. The van der Waals surface area contributed by atoms with Crippen molar-refractivity contribution >= 4 is 17.3 Å². The van der Waals surface area contributed by atoms with E-state index in [4.69, 9.17) is 16.3 Å². The van der Waals surface area contributed by atoms with Gasteiger partial charge in [0.1, 0.15) is 5.02 Å². The predicted octanol–water partition coefficient (Wildman–Crippen LogP) is 2.65. The molecule has 6 nitrogen and oxygen atoms in total. The number of alkyl halides is 2. The molecule has 0 saturated carbocycles. The third kappa shape index (κ3) is 3.85. The molecule has 0 fully saturated rings. The van der Waals surface area contributed by atoms with Crippen molar-refractivity contribution in [2.75, 3.05) is 12.4 Å². The van der Waals surface area contributed by atoms with Crippen LogP contribution in [0.1, 0.15) is 5.56 Å². The lowest BCUT2D eigenvalue weighted by molar-refractivity contribution is -0.0512. The van der Waals surface area contributed by atoms with Crippen molar-refractivity contribution in [3.05, 3.63) is 45.3 Å². The first kappa shape index (κ1) is 16.0. The van der Waals surface area contributed by atoms with Gasteiger partial charge in [-0.15, -0.1) is 0 Å². The van der Waals surface area contributed by atoms with Gasteiger partial charge in [-0.1, -0.05) is 17.7 Å². The first-order valence-electron chi connectivity index (χ1n) is 6.10. The van der Waals surface area contributed by atoms with Gasteiger partial charge in [0, 0.05) is 6.54 Å². The van der Waals surface area contributed by atoms with Crippen LogP contribution in [0.5, 0.6) is 11.5 Å². The van der Waals surface area contributed by atoms with E-state index in [9.17, 15) is 13.6 Å². The molecule has 0 aliphatic carbocycles. The van der Waals surface area contributed by atoms with Gasteiger partial charge < -0.3 is 14.8 Å². The zero-order valence-corrected chi connectivity index (χ0v) is 12.2. The average molecular weight is 332 g/mol. The Labute approximate surface area is 129 Å². The lowest BCUT2D eigenvalue weighted by atomic mass is 10.2. The van der Waals surface area contributed by atoms with Gasteiger partial charge in [-0.25, -0.2) is 5.10 Å². The largest absolute Gasteiger partial charge is 0.493 e. The van der Waals surface area contributed by atoms with E-state index in [1.165, 1.54) is 19.4 Å². The highest BCUT2D eigenvalue weighted by Gasteiger charge is 2.11. The molecule has 1 aromatic heterocycles. The fourth-order valence-corrected chi connectivity index (χ4v) is 1.88. The van der Waals surface area contributed by atoms with Gasteiger partial charge in [0.25, 0.3) is 5.56 Å². The summed E-state index contributed by atoms with van der Waals surface area (Å²) in [6, 6.07) is 4.50. The van der Waals surface area contributed by atoms with Crippen LogP contribution < -0.4 is 20.3 Å². The summed E-state index contributed by atoms with van der Waals surface area (Å²) < 4.78 is 33.8. The highest BCUT2D eigenvalue weighted by atomic mass is 35.5. The number of hydrogen-bond donors (Lipinski definition) is 2. The molecule has 2 aromatic rings. The molecule has 0 radical (unpaired) electrons. The Bertz CT molecular complexity index is 709. The van der Waals surface area contributed by atoms with E-state index in [-0.39, 0.29) is 23.1 Å². The van der Waals surface area contributed by atoms with Gasteiger partial charge in [0.2, 0.25) is 0 Å². The summed E-state index contributed by atoms with van der Waals surface area (Å²) in [7, 11) is 1.35. The smallest absolute Gasteiger partial charge is 0.387 e. The van der Waals surface area contributed by atoms with E-state index in [2.05, 4.69) is 20.3 Å². The van der Waals surface area contributed by atoms with Crippen LogP contribution in [-0.2, 0) is 6.54 Å². The number of aromatic nitrogens is 2. The number of methoxy groups -OCH3 is 1. The Hall–Kier alpha value is -2.35. The summed E-state index contributed by atoms with van der Waals surface area (Å²) >= 11 is 5.83. The van der Waals surface area contributed by atoms with E-state index in [1.54, 1.807) is 12.1 Å². The van der Waals surface area contributed by atoms with Crippen LogP contribution >= 0.6 is 11.6 Å². The molecule has 1 heterocycles. The number of halogens is 3. The lowest BCUT2D eigenvalue weighted by Gasteiger charge is -2.12. The molecule has 9 heteroatoms. The topological polar surface area (TPSA) is 76.2 Å². The molecule has 0 aliphatic rings. The SMILES string of the molecule is COc1cc(CNc2cn[nH]c(=O)c2Cl)ccc1OC(F)F. The molecule has 0 bridgehead atoms. The number of rotatable bonds is 6. The van der Waals surface area contributed by atoms with Crippen LogP contribution in [0.3, 0.4) is 0 Å².